The predicted octanol–water partition coefficient (Wildman–Crippen LogP) is 15.3. The fraction of sp³-hybridized carbons (Fsp3) is 0.0189. The molecule has 2 heterocycles. The lowest BCUT2D eigenvalue weighted by molar-refractivity contribution is 1.18. The van der Waals surface area contributed by atoms with Crippen LogP contribution in [0.1, 0.15) is 5.56 Å². The molecule has 1 nitrogen and oxygen atoms in total. The highest BCUT2D eigenvalue weighted by atomic mass is 32.1. The topological polar surface area (TPSA) is 4.93 Å². The largest absolute Gasteiger partial charge is 0.309 e. The van der Waals surface area contributed by atoms with Gasteiger partial charge in [0.1, 0.15) is 0 Å². The molecule has 0 saturated carbocycles. The van der Waals surface area contributed by atoms with E-state index in [1.54, 1.807) is 0 Å². The second-order valence-electron chi connectivity index (χ2n) is 14.5. The van der Waals surface area contributed by atoms with Gasteiger partial charge in [0, 0.05) is 36.6 Å². The Labute approximate surface area is 324 Å². The molecule has 12 rings (SSSR count). The van der Waals surface area contributed by atoms with Crippen molar-refractivity contribution < 1.29 is 0 Å². The van der Waals surface area contributed by atoms with E-state index in [0.717, 1.165) is 0 Å². The fourth-order valence-electron chi connectivity index (χ4n) is 8.75. The SMILES string of the molecule is Cc1ccccc1.c1ccc(-n2c3ccccc3c3c(-c4ccc5sc6ccc(-c7ccc8c(c7)-c7cccc9cccc-8c79)cc6c5c4)cccc32)cc1. The van der Waals surface area contributed by atoms with Gasteiger partial charge in [-0.3, -0.25) is 0 Å². The van der Waals surface area contributed by atoms with Crippen molar-refractivity contribution >= 4 is 64.1 Å². The van der Waals surface area contributed by atoms with E-state index in [9.17, 15) is 0 Å². The van der Waals surface area contributed by atoms with Gasteiger partial charge >= 0.3 is 0 Å². The number of thiophene rings is 1. The molecule has 0 radical (unpaired) electrons. The minimum Gasteiger partial charge on any atom is -0.309 e. The lowest BCUT2D eigenvalue weighted by atomic mass is 9.95. The van der Waals surface area contributed by atoms with Gasteiger partial charge in [0.15, 0.2) is 0 Å². The molecule has 0 fully saturated rings. The van der Waals surface area contributed by atoms with Crippen molar-refractivity contribution in [1.29, 1.82) is 0 Å². The third-order valence-corrected chi connectivity index (χ3v) is 12.4. The zero-order valence-electron chi connectivity index (χ0n) is 30.3. The first kappa shape index (κ1) is 31.8. The lowest BCUT2D eigenvalue weighted by Gasteiger charge is -2.09. The van der Waals surface area contributed by atoms with Crippen LogP contribution in [-0.4, -0.2) is 4.57 Å². The lowest BCUT2D eigenvalue weighted by Crippen LogP contribution is -1.92. The highest BCUT2D eigenvalue weighted by molar-refractivity contribution is 7.25. The maximum atomic E-state index is 2.42. The second kappa shape index (κ2) is 12.7. The molecule has 0 saturated heterocycles. The summed E-state index contributed by atoms with van der Waals surface area (Å²) < 4.78 is 5.04. The molecule has 0 spiro atoms. The van der Waals surface area contributed by atoms with Crippen molar-refractivity contribution in [1.82, 2.24) is 4.57 Å². The first-order valence-corrected chi connectivity index (χ1v) is 19.7. The third kappa shape index (κ3) is 5.14. The normalized spacial score (nSPS) is 11.7. The predicted molar refractivity (Wildman–Crippen MR) is 238 cm³/mol. The summed E-state index contributed by atoms with van der Waals surface area (Å²) in [4.78, 5) is 0. The van der Waals surface area contributed by atoms with E-state index < -0.39 is 0 Å². The molecule has 1 aliphatic rings. The van der Waals surface area contributed by atoms with Gasteiger partial charge in [-0.05, 0) is 117 Å². The molecule has 0 amide bonds. The van der Waals surface area contributed by atoms with E-state index >= 15 is 0 Å². The molecule has 1 aliphatic carbocycles. The Kier molecular flexibility index (Phi) is 7.33. The van der Waals surface area contributed by atoms with Crippen LogP contribution in [0.3, 0.4) is 0 Å². The zero-order valence-corrected chi connectivity index (χ0v) is 31.1. The molecule has 55 heavy (non-hydrogen) atoms. The Hall–Kier alpha value is -6.74. The summed E-state index contributed by atoms with van der Waals surface area (Å²) >= 11 is 1.88. The van der Waals surface area contributed by atoms with Crippen molar-refractivity contribution in [2.45, 2.75) is 6.92 Å². The number of aromatic nitrogens is 1. The monoisotopic (exact) mass is 717 g/mol. The minimum atomic E-state index is 1.18. The van der Waals surface area contributed by atoms with Gasteiger partial charge in [0.2, 0.25) is 0 Å². The highest BCUT2D eigenvalue weighted by Gasteiger charge is 2.22. The van der Waals surface area contributed by atoms with Crippen molar-refractivity contribution in [2.75, 3.05) is 0 Å². The van der Waals surface area contributed by atoms with Crippen molar-refractivity contribution in [2.24, 2.45) is 0 Å². The van der Waals surface area contributed by atoms with Crippen LogP contribution in [0.2, 0.25) is 0 Å². The van der Waals surface area contributed by atoms with Crippen molar-refractivity contribution in [3.8, 4) is 50.2 Å². The van der Waals surface area contributed by atoms with Crippen LogP contribution in [-0.2, 0) is 0 Å². The quantitative estimate of drug-likeness (QED) is 0.171. The number of nitrogens with zero attached hydrogens (tertiary/aromatic N) is 1. The third-order valence-electron chi connectivity index (χ3n) is 11.3. The summed E-state index contributed by atoms with van der Waals surface area (Å²) in [6.45, 7) is 2.08. The smallest absolute Gasteiger partial charge is 0.0547 e. The number of aryl methyl sites for hydroxylation is 1. The molecule has 11 aromatic rings. The van der Waals surface area contributed by atoms with E-state index in [1.807, 2.05) is 29.5 Å². The Morgan fingerprint density at radius 3 is 1.69 bits per heavy atom. The Balaban J connectivity index is 0.000000457. The van der Waals surface area contributed by atoms with Gasteiger partial charge in [-0.1, -0.05) is 145 Å². The molecular formula is C53H35NS. The van der Waals surface area contributed by atoms with Crippen LogP contribution in [0.4, 0.5) is 0 Å². The fourth-order valence-corrected chi connectivity index (χ4v) is 9.81. The molecule has 258 valence electrons. The molecule has 0 aliphatic heterocycles. The van der Waals surface area contributed by atoms with Gasteiger partial charge in [-0.15, -0.1) is 11.3 Å². The highest BCUT2D eigenvalue weighted by Crippen LogP contribution is 2.49. The van der Waals surface area contributed by atoms with E-state index in [4.69, 9.17) is 0 Å². The number of hydrogen-bond acceptors (Lipinski definition) is 1. The van der Waals surface area contributed by atoms with Crippen LogP contribution >= 0.6 is 11.3 Å². The standard InChI is InChI=1S/C46H27NS.C7H8/c1-2-11-32(12-3-1)47-41-17-5-4-13-37(41)46-33(14-8-18-42(46)47)31-21-24-44-40(27-31)39-26-30(20-23-43(39)48-44)29-19-22-34-35-15-6-9-28-10-7-16-36(45(28)35)38(34)25-29;1-7-5-3-2-4-6-7/h1-27H;2-6H,1H3. The summed E-state index contributed by atoms with van der Waals surface area (Å²) in [5, 5.41) is 7.89. The van der Waals surface area contributed by atoms with Crippen LogP contribution < -0.4 is 0 Å². The van der Waals surface area contributed by atoms with Gasteiger partial charge in [0.25, 0.3) is 0 Å². The summed E-state index contributed by atoms with van der Waals surface area (Å²) in [5.41, 5.74) is 15.3. The average molecular weight is 718 g/mol. The summed E-state index contributed by atoms with van der Waals surface area (Å²) in [7, 11) is 0. The van der Waals surface area contributed by atoms with E-state index in [2.05, 4.69) is 187 Å². The Morgan fingerprint density at radius 1 is 0.364 bits per heavy atom. The minimum absolute atomic E-state index is 1.18. The molecule has 2 aromatic heterocycles. The first-order valence-electron chi connectivity index (χ1n) is 18.9. The maximum absolute atomic E-state index is 2.42. The molecule has 9 aromatic carbocycles. The van der Waals surface area contributed by atoms with Crippen LogP contribution in [0.5, 0.6) is 0 Å². The first-order chi connectivity index (χ1) is 27.2. The Morgan fingerprint density at radius 2 is 0.945 bits per heavy atom. The molecule has 0 atom stereocenters. The number of fused-ring (bicyclic) bond motifs is 9. The van der Waals surface area contributed by atoms with Crippen LogP contribution in [0.25, 0.3) is 103 Å². The maximum Gasteiger partial charge on any atom is 0.0547 e. The Bertz CT molecular complexity index is 3250. The van der Waals surface area contributed by atoms with Gasteiger partial charge in [0.05, 0.1) is 11.0 Å². The van der Waals surface area contributed by atoms with Gasteiger partial charge < -0.3 is 4.57 Å². The molecule has 0 N–H and O–H groups in total. The van der Waals surface area contributed by atoms with E-state index in [1.165, 1.54) is 109 Å². The summed E-state index contributed by atoms with van der Waals surface area (Å²) in [6, 6.07) is 70.9. The summed E-state index contributed by atoms with van der Waals surface area (Å²) in [5.74, 6) is 0. The summed E-state index contributed by atoms with van der Waals surface area (Å²) in [6.07, 6.45) is 0. The van der Waals surface area contributed by atoms with Gasteiger partial charge in [-0.2, -0.15) is 0 Å². The molecule has 0 unspecified atom stereocenters. The van der Waals surface area contributed by atoms with E-state index in [0.29, 0.717) is 0 Å². The molecular weight excluding hydrogens is 683 g/mol. The van der Waals surface area contributed by atoms with Crippen molar-refractivity contribution in [3.05, 3.63) is 200 Å². The number of benzene rings is 9. The van der Waals surface area contributed by atoms with Crippen LogP contribution in [0, 0.1) is 6.92 Å². The second-order valence-corrected chi connectivity index (χ2v) is 15.6. The molecule has 2 heteroatoms. The molecule has 0 bridgehead atoms. The van der Waals surface area contributed by atoms with Crippen molar-refractivity contribution in [3.63, 3.8) is 0 Å². The van der Waals surface area contributed by atoms with E-state index in [-0.39, 0.29) is 0 Å². The number of rotatable bonds is 3. The van der Waals surface area contributed by atoms with Gasteiger partial charge in [-0.25, -0.2) is 0 Å². The zero-order chi connectivity index (χ0) is 36.5. The number of para-hydroxylation sites is 2. The number of hydrogen-bond donors (Lipinski definition) is 0. The van der Waals surface area contributed by atoms with Crippen LogP contribution in [0.15, 0.2) is 194 Å². The average Bonchev–Trinajstić information content (AvgIpc) is 3.90.